The first-order valence-electron chi connectivity index (χ1n) is 8.61. The van der Waals surface area contributed by atoms with Crippen LogP contribution in [0.3, 0.4) is 0 Å². The zero-order valence-electron chi connectivity index (χ0n) is 14.4. The number of oxazole rings is 1. The second kappa shape index (κ2) is 5.77. The van der Waals surface area contributed by atoms with E-state index in [0.717, 1.165) is 5.56 Å². The molecule has 2 aromatic heterocycles. The first kappa shape index (κ1) is 15.7. The number of rotatable bonds is 2. The van der Waals surface area contributed by atoms with Crippen molar-refractivity contribution in [1.82, 2.24) is 14.8 Å². The Morgan fingerprint density at radius 2 is 1.96 bits per heavy atom. The molecule has 3 heterocycles. The minimum atomic E-state index is -0.409. The molecule has 6 nitrogen and oxygen atoms in total. The second-order valence-electron chi connectivity index (χ2n) is 6.55. The van der Waals surface area contributed by atoms with Crippen molar-refractivity contribution in [3.8, 4) is 6.01 Å². The van der Waals surface area contributed by atoms with Gasteiger partial charge in [-0.1, -0.05) is 30.3 Å². The van der Waals surface area contributed by atoms with Gasteiger partial charge in [0, 0.05) is 17.9 Å². The highest BCUT2D eigenvalue weighted by Gasteiger charge is 2.34. The van der Waals surface area contributed by atoms with Crippen molar-refractivity contribution in [1.29, 1.82) is 0 Å². The SMILES string of the molecule is Cc1nn(-c2nc3ccccc3o2)c2c1[C@H](c1ccccc1F)CC(=O)N2. The van der Waals surface area contributed by atoms with Crippen molar-refractivity contribution in [2.24, 2.45) is 0 Å². The Morgan fingerprint density at radius 3 is 2.78 bits per heavy atom. The standard InChI is InChI=1S/C20H15FN4O2/c1-11-18-13(12-6-2-3-7-14(12)21)10-17(26)23-19(18)25(24-11)20-22-15-8-4-5-9-16(15)27-20/h2-9,13H,10H2,1H3,(H,23,26)/t13-/m0/s1. The molecule has 0 spiro atoms. The van der Waals surface area contributed by atoms with Gasteiger partial charge in [-0.2, -0.15) is 14.8 Å². The molecule has 1 atom stereocenters. The summed E-state index contributed by atoms with van der Waals surface area (Å²) in [6.45, 7) is 1.84. The molecule has 0 saturated heterocycles. The van der Waals surface area contributed by atoms with E-state index >= 15 is 0 Å². The fourth-order valence-electron chi connectivity index (χ4n) is 3.66. The third-order valence-electron chi connectivity index (χ3n) is 4.85. The molecule has 1 N–H and O–H groups in total. The molecule has 4 aromatic rings. The van der Waals surface area contributed by atoms with Gasteiger partial charge in [-0.3, -0.25) is 4.79 Å². The molecule has 0 aliphatic carbocycles. The Labute approximate surface area is 153 Å². The van der Waals surface area contributed by atoms with Crippen LogP contribution in [0.5, 0.6) is 0 Å². The lowest BCUT2D eigenvalue weighted by Gasteiger charge is -2.24. The maximum absolute atomic E-state index is 14.4. The summed E-state index contributed by atoms with van der Waals surface area (Å²) in [5, 5.41) is 7.37. The minimum Gasteiger partial charge on any atom is -0.422 e. The normalized spacial score (nSPS) is 16.4. The summed E-state index contributed by atoms with van der Waals surface area (Å²) in [5.74, 6) is -0.471. The van der Waals surface area contributed by atoms with Gasteiger partial charge < -0.3 is 9.73 Å². The van der Waals surface area contributed by atoms with Crippen molar-refractivity contribution in [2.45, 2.75) is 19.3 Å². The molecule has 0 unspecified atom stereocenters. The number of hydrogen-bond acceptors (Lipinski definition) is 4. The molecule has 5 rings (SSSR count). The zero-order chi connectivity index (χ0) is 18.5. The summed E-state index contributed by atoms with van der Waals surface area (Å²) < 4.78 is 21.7. The number of hydrogen-bond donors (Lipinski definition) is 1. The molecule has 2 aromatic carbocycles. The van der Waals surface area contributed by atoms with E-state index in [1.54, 1.807) is 18.2 Å². The van der Waals surface area contributed by atoms with Gasteiger partial charge in [0.1, 0.15) is 17.2 Å². The zero-order valence-corrected chi connectivity index (χ0v) is 14.4. The van der Waals surface area contributed by atoms with E-state index in [1.165, 1.54) is 10.7 Å². The maximum atomic E-state index is 14.4. The minimum absolute atomic E-state index is 0.161. The van der Waals surface area contributed by atoms with Crippen molar-refractivity contribution in [3.63, 3.8) is 0 Å². The van der Waals surface area contributed by atoms with Gasteiger partial charge in [0.25, 0.3) is 0 Å². The molecular formula is C20H15FN4O2. The van der Waals surface area contributed by atoms with Crippen molar-refractivity contribution >= 4 is 22.8 Å². The van der Waals surface area contributed by atoms with Crippen LogP contribution in [-0.2, 0) is 4.79 Å². The summed E-state index contributed by atoms with van der Waals surface area (Å²) in [6, 6.07) is 14.2. The smallest absolute Gasteiger partial charge is 0.325 e. The number of anilines is 1. The summed E-state index contributed by atoms with van der Waals surface area (Å²) in [4.78, 5) is 16.8. The van der Waals surface area contributed by atoms with Gasteiger partial charge in [-0.25, -0.2) is 4.39 Å². The van der Waals surface area contributed by atoms with Crippen LogP contribution in [0.25, 0.3) is 17.1 Å². The Balaban J connectivity index is 1.70. The topological polar surface area (TPSA) is 73.0 Å². The lowest BCUT2D eigenvalue weighted by atomic mass is 9.85. The van der Waals surface area contributed by atoms with Crippen LogP contribution in [0.1, 0.15) is 29.2 Å². The van der Waals surface area contributed by atoms with Gasteiger partial charge in [-0.15, -0.1) is 0 Å². The number of carbonyl (C=O) groups is 1. The highest BCUT2D eigenvalue weighted by molar-refractivity contribution is 5.95. The number of aromatic nitrogens is 3. The highest BCUT2D eigenvalue weighted by atomic mass is 19.1. The molecule has 134 valence electrons. The largest absolute Gasteiger partial charge is 0.422 e. The summed E-state index contributed by atoms with van der Waals surface area (Å²) in [6.07, 6.45) is 0.161. The summed E-state index contributed by atoms with van der Waals surface area (Å²) >= 11 is 0. The Morgan fingerprint density at radius 1 is 1.19 bits per heavy atom. The lowest BCUT2D eigenvalue weighted by Crippen LogP contribution is -2.25. The number of nitrogens with zero attached hydrogens (tertiary/aromatic N) is 3. The van der Waals surface area contributed by atoms with E-state index in [0.29, 0.717) is 28.2 Å². The first-order chi connectivity index (χ1) is 13.1. The van der Waals surface area contributed by atoms with Crippen LogP contribution in [-0.4, -0.2) is 20.7 Å². The monoisotopic (exact) mass is 362 g/mol. The van der Waals surface area contributed by atoms with Crippen LogP contribution in [0.15, 0.2) is 52.9 Å². The highest BCUT2D eigenvalue weighted by Crippen LogP contribution is 2.41. The predicted octanol–water partition coefficient (Wildman–Crippen LogP) is 3.94. The molecule has 0 bridgehead atoms. The number of aryl methyl sites for hydroxylation is 1. The molecule has 1 aliphatic heterocycles. The number of para-hydroxylation sites is 2. The van der Waals surface area contributed by atoms with Crippen LogP contribution in [0.2, 0.25) is 0 Å². The van der Waals surface area contributed by atoms with E-state index in [-0.39, 0.29) is 24.2 Å². The van der Waals surface area contributed by atoms with Crippen LogP contribution in [0, 0.1) is 12.7 Å². The van der Waals surface area contributed by atoms with Crippen molar-refractivity contribution < 1.29 is 13.6 Å². The van der Waals surface area contributed by atoms with E-state index < -0.39 is 5.92 Å². The molecular weight excluding hydrogens is 347 g/mol. The van der Waals surface area contributed by atoms with E-state index in [1.807, 2.05) is 31.2 Å². The van der Waals surface area contributed by atoms with Crippen molar-refractivity contribution in [3.05, 3.63) is 71.2 Å². The quantitative estimate of drug-likeness (QED) is 0.586. The number of halogens is 1. The van der Waals surface area contributed by atoms with Crippen LogP contribution >= 0.6 is 0 Å². The average Bonchev–Trinajstić information content (AvgIpc) is 3.22. The average molecular weight is 362 g/mol. The third kappa shape index (κ3) is 2.43. The fraction of sp³-hybridized carbons (Fsp3) is 0.150. The molecule has 0 radical (unpaired) electrons. The molecule has 0 fully saturated rings. The summed E-state index contributed by atoms with van der Waals surface area (Å²) in [5.41, 5.74) is 3.28. The second-order valence-corrected chi connectivity index (χ2v) is 6.55. The molecule has 1 amide bonds. The van der Waals surface area contributed by atoms with E-state index in [2.05, 4.69) is 15.4 Å². The number of carbonyl (C=O) groups excluding carboxylic acids is 1. The van der Waals surface area contributed by atoms with Gasteiger partial charge >= 0.3 is 6.01 Å². The van der Waals surface area contributed by atoms with Crippen LogP contribution in [0.4, 0.5) is 10.2 Å². The molecule has 1 aliphatic rings. The number of fused-ring (bicyclic) bond motifs is 2. The van der Waals surface area contributed by atoms with Gasteiger partial charge in [-0.05, 0) is 30.7 Å². The lowest BCUT2D eigenvalue weighted by molar-refractivity contribution is -0.116. The van der Waals surface area contributed by atoms with Gasteiger partial charge in [0.05, 0.1) is 5.69 Å². The molecule has 0 saturated carbocycles. The van der Waals surface area contributed by atoms with E-state index in [9.17, 15) is 9.18 Å². The molecule has 27 heavy (non-hydrogen) atoms. The predicted molar refractivity (Wildman–Crippen MR) is 97.4 cm³/mol. The van der Waals surface area contributed by atoms with Crippen molar-refractivity contribution in [2.75, 3.05) is 5.32 Å². The van der Waals surface area contributed by atoms with E-state index in [4.69, 9.17) is 4.42 Å². The number of benzene rings is 2. The van der Waals surface area contributed by atoms with Crippen LogP contribution < -0.4 is 5.32 Å². The Bertz CT molecular complexity index is 1160. The summed E-state index contributed by atoms with van der Waals surface area (Å²) in [7, 11) is 0. The van der Waals surface area contributed by atoms with Gasteiger partial charge in [0.2, 0.25) is 5.91 Å². The van der Waals surface area contributed by atoms with Gasteiger partial charge in [0.15, 0.2) is 5.58 Å². The maximum Gasteiger partial charge on any atom is 0.325 e. The first-order valence-corrected chi connectivity index (χ1v) is 8.61. The Kier molecular flexibility index (Phi) is 3.36. The molecule has 7 heteroatoms. The fourth-order valence-corrected chi connectivity index (χ4v) is 3.66. The third-order valence-corrected chi connectivity index (χ3v) is 4.85. The number of nitrogens with one attached hydrogen (secondary N) is 1. The Hall–Kier alpha value is -3.48. The number of amides is 1.